The van der Waals surface area contributed by atoms with Crippen LogP contribution in [0.5, 0.6) is 0 Å². The first-order chi connectivity index (χ1) is 14.1. The Morgan fingerprint density at radius 1 is 1.31 bits per heavy atom. The zero-order valence-electron chi connectivity index (χ0n) is 17.6. The average molecular weight is 399 g/mol. The molecule has 1 atom stereocenters. The Labute approximate surface area is 171 Å². The Morgan fingerprint density at radius 3 is 2.97 bits per heavy atom. The molecule has 3 rings (SSSR count). The fourth-order valence-corrected chi connectivity index (χ4v) is 3.13. The molecule has 2 aromatic heterocycles. The molecule has 29 heavy (non-hydrogen) atoms. The van der Waals surface area contributed by atoms with E-state index in [1.165, 1.54) is 22.0 Å². The van der Waals surface area contributed by atoms with Crippen molar-refractivity contribution >= 4 is 16.9 Å². The fourth-order valence-electron chi connectivity index (χ4n) is 3.13. The van der Waals surface area contributed by atoms with Crippen molar-refractivity contribution in [1.82, 2.24) is 25.8 Å². The number of hydrogen-bond donors (Lipinski definition) is 3. The number of aliphatic imine (C=N–C) groups is 1. The minimum atomic E-state index is -0.187. The molecular weight excluding hydrogens is 368 g/mol. The summed E-state index contributed by atoms with van der Waals surface area (Å²) in [7, 11) is 0. The normalized spacial score (nSPS) is 13.0. The average Bonchev–Trinajstić information content (AvgIpc) is 3.33. The number of benzene rings is 1. The van der Waals surface area contributed by atoms with Crippen molar-refractivity contribution in [2.45, 2.75) is 46.8 Å². The molecule has 0 saturated heterocycles. The SMILES string of the molecule is CCNC(=NCc1nc(C(C)OCC)no1)NCCc1c[nH]c2cc(C)ccc12. The minimum Gasteiger partial charge on any atom is -0.371 e. The van der Waals surface area contributed by atoms with E-state index in [1.54, 1.807) is 0 Å². The van der Waals surface area contributed by atoms with Gasteiger partial charge in [0.15, 0.2) is 11.8 Å². The predicted molar refractivity (Wildman–Crippen MR) is 114 cm³/mol. The Kier molecular flexibility index (Phi) is 7.24. The van der Waals surface area contributed by atoms with Crippen molar-refractivity contribution in [3.8, 4) is 0 Å². The van der Waals surface area contributed by atoms with E-state index in [2.05, 4.69) is 62.1 Å². The van der Waals surface area contributed by atoms with E-state index < -0.39 is 0 Å². The number of H-pyrrole nitrogens is 1. The highest BCUT2D eigenvalue weighted by molar-refractivity contribution is 5.84. The molecule has 1 aromatic carbocycles. The molecule has 0 aliphatic heterocycles. The largest absolute Gasteiger partial charge is 0.371 e. The maximum Gasteiger partial charge on any atom is 0.248 e. The van der Waals surface area contributed by atoms with Gasteiger partial charge in [-0.1, -0.05) is 17.3 Å². The number of aromatic amines is 1. The van der Waals surface area contributed by atoms with Gasteiger partial charge in [0.25, 0.3) is 0 Å². The van der Waals surface area contributed by atoms with Crippen LogP contribution in [0.25, 0.3) is 10.9 Å². The second kappa shape index (κ2) is 10.1. The van der Waals surface area contributed by atoms with Crippen molar-refractivity contribution < 1.29 is 9.26 Å². The second-order valence-corrected chi connectivity index (χ2v) is 6.88. The van der Waals surface area contributed by atoms with Gasteiger partial charge in [-0.05, 0) is 51.3 Å². The summed E-state index contributed by atoms with van der Waals surface area (Å²) in [5.74, 6) is 1.74. The molecule has 3 aromatic rings. The number of aromatic nitrogens is 3. The van der Waals surface area contributed by atoms with Crippen LogP contribution in [0.15, 0.2) is 33.9 Å². The standard InChI is InChI=1S/C21H30N6O2/c1-5-22-21(25-13-19-26-20(27-29-19)15(4)28-6-2)23-10-9-16-12-24-18-11-14(3)7-8-17(16)18/h7-8,11-12,15,24H,5-6,9-10,13H2,1-4H3,(H2,22,23,25). The van der Waals surface area contributed by atoms with Crippen LogP contribution in [0, 0.1) is 6.92 Å². The first-order valence-corrected chi connectivity index (χ1v) is 10.1. The highest BCUT2D eigenvalue weighted by Gasteiger charge is 2.13. The molecule has 0 aliphatic carbocycles. The topological polar surface area (TPSA) is 100 Å². The first kappa shape index (κ1) is 20.9. The van der Waals surface area contributed by atoms with Gasteiger partial charge in [0.2, 0.25) is 5.89 Å². The van der Waals surface area contributed by atoms with Crippen molar-refractivity contribution in [2.75, 3.05) is 19.7 Å². The zero-order chi connectivity index (χ0) is 20.6. The minimum absolute atomic E-state index is 0.187. The molecule has 0 spiro atoms. The van der Waals surface area contributed by atoms with Crippen LogP contribution in [-0.2, 0) is 17.7 Å². The second-order valence-electron chi connectivity index (χ2n) is 6.88. The molecule has 0 saturated carbocycles. The molecule has 8 heteroatoms. The van der Waals surface area contributed by atoms with Gasteiger partial charge in [-0.2, -0.15) is 4.98 Å². The summed E-state index contributed by atoms with van der Waals surface area (Å²) < 4.78 is 10.8. The Bertz CT molecular complexity index is 946. The van der Waals surface area contributed by atoms with Crippen LogP contribution >= 0.6 is 0 Å². The van der Waals surface area contributed by atoms with Crippen LogP contribution in [-0.4, -0.2) is 40.8 Å². The number of aryl methyl sites for hydroxylation is 1. The molecular formula is C21H30N6O2. The quantitative estimate of drug-likeness (QED) is 0.378. The summed E-state index contributed by atoms with van der Waals surface area (Å²) in [6, 6.07) is 6.48. The smallest absolute Gasteiger partial charge is 0.248 e. The van der Waals surface area contributed by atoms with Gasteiger partial charge in [-0.3, -0.25) is 0 Å². The van der Waals surface area contributed by atoms with Crippen LogP contribution in [0.2, 0.25) is 0 Å². The van der Waals surface area contributed by atoms with Crippen molar-refractivity contribution in [3.05, 3.63) is 47.2 Å². The molecule has 0 fully saturated rings. The van der Waals surface area contributed by atoms with Gasteiger partial charge in [-0.25, -0.2) is 4.99 Å². The fraction of sp³-hybridized carbons (Fsp3) is 0.476. The molecule has 1 unspecified atom stereocenters. The number of rotatable bonds is 9. The molecule has 0 radical (unpaired) electrons. The maximum atomic E-state index is 5.48. The van der Waals surface area contributed by atoms with Gasteiger partial charge in [0, 0.05) is 36.8 Å². The van der Waals surface area contributed by atoms with E-state index in [0.29, 0.717) is 24.9 Å². The van der Waals surface area contributed by atoms with Crippen LogP contribution in [0.4, 0.5) is 0 Å². The molecule has 0 amide bonds. The number of hydrogen-bond acceptors (Lipinski definition) is 5. The number of ether oxygens (including phenoxy) is 1. The van der Waals surface area contributed by atoms with Crippen LogP contribution < -0.4 is 10.6 Å². The van der Waals surface area contributed by atoms with E-state index in [4.69, 9.17) is 9.26 Å². The predicted octanol–water partition coefficient (Wildman–Crippen LogP) is 3.25. The lowest BCUT2D eigenvalue weighted by Crippen LogP contribution is -2.38. The van der Waals surface area contributed by atoms with E-state index in [1.807, 2.05) is 20.8 Å². The molecule has 3 N–H and O–H groups in total. The Balaban J connectivity index is 1.56. The van der Waals surface area contributed by atoms with E-state index in [9.17, 15) is 0 Å². The van der Waals surface area contributed by atoms with Crippen molar-refractivity contribution in [1.29, 1.82) is 0 Å². The van der Waals surface area contributed by atoms with Crippen molar-refractivity contribution in [3.63, 3.8) is 0 Å². The van der Waals surface area contributed by atoms with Gasteiger partial charge in [-0.15, -0.1) is 0 Å². The van der Waals surface area contributed by atoms with Crippen LogP contribution in [0.3, 0.4) is 0 Å². The summed E-state index contributed by atoms with van der Waals surface area (Å²) in [4.78, 5) is 12.2. The maximum absolute atomic E-state index is 5.48. The number of fused-ring (bicyclic) bond motifs is 1. The molecule has 8 nitrogen and oxygen atoms in total. The first-order valence-electron chi connectivity index (χ1n) is 10.1. The molecule has 0 bridgehead atoms. The summed E-state index contributed by atoms with van der Waals surface area (Å²) in [6.07, 6.45) is 2.78. The highest BCUT2D eigenvalue weighted by atomic mass is 16.5. The lowest BCUT2D eigenvalue weighted by atomic mass is 10.1. The van der Waals surface area contributed by atoms with Gasteiger partial charge in [0.1, 0.15) is 12.6 Å². The Morgan fingerprint density at radius 2 is 2.17 bits per heavy atom. The van der Waals surface area contributed by atoms with Crippen molar-refractivity contribution in [2.24, 2.45) is 4.99 Å². The summed E-state index contributed by atoms with van der Waals surface area (Å²) in [6.45, 7) is 10.4. The Hall–Kier alpha value is -2.87. The van der Waals surface area contributed by atoms with E-state index in [-0.39, 0.29) is 6.10 Å². The monoisotopic (exact) mass is 398 g/mol. The van der Waals surface area contributed by atoms with Crippen LogP contribution in [0.1, 0.15) is 49.7 Å². The summed E-state index contributed by atoms with van der Waals surface area (Å²) >= 11 is 0. The number of nitrogens with one attached hydrogen (secondary N) is 3. The summed E-state index contributed by atoms with van der Waals surface area (Å²) in [5, 5.41) is 11.8. The lowest BCUT2D eigenvalue weighted by Gasteiger charge is -2.10. The molecule has 0 aliphatic rings. The third-order valence-corrected chi connectivity index (χ3v) is 4.59. The molecule has 156 valence electrons. The van der Waals surface area contributed by atoms with Gasteiger partial charge < -0.3 is 24.9 Å². The third kappa shape index (κ3) is 5.57. The summed E-state index contributed by atoms with van der Waals surface area (Å²) in [5.41, 5.74) is 3.72. The van der Waals surface area contributed by atoms with Gasteiger partial charge in [0.05, 0.1) is 0 Å². The number of guanidine groups is 1. The highest BCUT2D eigenvalue weighted by Crippen LogP contribution is 2.19. The van der Waals surface area contributed by atoms with Gasteiger partial charge >= 0.3 is 0 Å². The lowest BCUT2D eigenvalue weighted by molar-refractivity contribution is 0.0683. The van der Waals surface area contributed by atoms with E-state index in [0.717, 1.165) is 25.5 Å². The molecule has 2 heterocycles. The zero-order valence-corrected chi connectivity index (χ0v) is 17.6. The van der Waals surface area contributed by atoms with E-state index >= 15 is 0 Å². The number of nitrogens with zero attached hydrogens (tertiary/aromatic N) is 3. The third-order valence-electron chi connectivity index (χ3n) is 4.59.